The first-order chi connectivity index (χ1) is 14.0. The molecule has 1 saturated carbocycles. The average Bonchev–Trinajstić information content (AvgIpc) is 3.36. The highest BCUT2D eigenvalue weighted by molar-refractivity contribution is 7.13. The number of nitrogens with zero attached hydrogens (tertiary/aromatic N) is 1. The highest BCUT2D eigenvalue weighted by Crippen LogP contribution is 2.37. The van der Waals surface area contributed by atoms with Crippen molar-refractivity contribution in [2.24, 2.45) is 11.3 Å². The molecule has 0 unspecified atom stereocenters. The Kier molecular flexibility index (Phi) is 5.77. The molecule has 0 spiro atoms. The molecule has 1 saturated heterocycles. The summed E-state index contributed by atoms with van der Waals surface area (Å²) in [5.41, 5.74) is 1.82. The Hall–Kier alpha value is -2.14. The third-order valence-corrected chi connectivity index (χ3v) is 6.97. The smallest absolute Gasteiger partial charge is 0.228 e. The monoisotopic (exact) mass is 410 g/mol. The lowest BCUT2D eigenvalue weighted by atomic mass is 9.73. The second-order valence-electron chi connectivity index (χ2n) is 8.90. The molecule has 2 fully saturated rings. The molecule has 2 heterocycles. The highest BCUT2D eigenvalue weighted by atomic mass is 32.1. The molecular formula is C24H30N2O2S. The largest absolute Gasteiger partial charge is 0.353 e. The molecule has 29 heavy (non-hydrogen) atoms. The van der Waals surface area contributed by atoms with Crippen molar-refractivity contribution in [1.29, 1.82) is 0 Å². The molecule has 5 heteroatoms. The molecule has 1 aliphatic heterocycles. The maximum atomic E-state index is 13.4. The average molecular weight is 411 g/mol. The van der Waals surface area contributed by atoms with E-state index in [0.717, 1.165) is 32.2 Å². The summed E-state index contributed by atoms with van der Waals surface area (Å²) in [5, 5.41) is 5.33. The summed E-state index contributed by atoms with van der Waals surface area (Å²) in [6.45, 7) is 5.15. The number of rotatable bonds is 6. The van der Waals surface area contributed by atoms with E-state index in [-0.39, 0.29) is 17.7 Å². The van der Waals surface area contributed by atoms with Crippen molar-refractivity contribution in [2.45, 2.75) is 52.0 Å². The number of likely N-dealkylation sites (tertiary alicyclic amines) is 1. The molecule has 2 aromatic rings. The van der Waals surface area contributed by atoms with Gasteiger partial charge < -0.3 is 10.2 Å². The normalized spacial score (nSPS) is 22.0. The molecule has 4 nitrogen and oxygen atoms in total. The molecule has 1 N–H and O–H groups in total. The van der Waals surface area contributed by atoms with Crippen molar-refractivity contribution in [1.82, 2.24) is 10.2 Å². The van der Waals surface area contributed by atoms with Crippen molar-refractivity contribution in [3.63, 3.8) is 0 Å². The first kappa shape index (κ1) is 20.1. The van der Waals surface area contributed by atoms with Gasteiger partial charge in [-0.3, -0.25) is 9.59 Å². The zero-order valence-corrected chi connectivity index (χ0v) is 18.1. The van der Waals surface area contributed by atoms with Gasteiger partial charge in [0.25, 0.3) is 0 Å². The number of carbonyl (C=O) groups is 2. The topological polar surface area (TPSA) is 49.4 Å². The molecule has 2 amide bonds. The van der Waals surface area contributed by atoms with Crippen LogP contribution in [0.25, 0.3) is 10.4 Å². The predicted octanol–water partition coefficient (Wildman–Crippen LogP) is 4.50. The van der Waals surface area contributed by atoms with Crippen LogP contribution in [0.15, 0.2) is 41.8 Å². The van der Waals surface area contributed by atoms with Crippen LogP contribution in [-0.4, -0.2) is 35.8 Å². The fourth-order valence-corrected chi connectivity index (χ4v) is 5.05. The summed E-state index contributed by atoms with van der Waals surface area (Å²) < 4.78 is 0. The van der Waals surface area contributed by atoms with Gasteiger partial charge in [0.15, 0.2) is 0 Å². The van der Waals surface area contributed by atoms with Gasteiger partial charge in [-0.05, 0) is 54.7 Å². The number of hydrogen-bond donors (Lipinski definition) is 1. The lowest BCUT2D eigenvalue weighted by molar-refractivity contribution is -0.143. The fraction of sp³-hybridized carbons (Fsp3) is 0.500. The molecule has 0 radical (unpaired) electrons. The summed E-state index contributed by atoms with van der Waals surface area (Å²) in [5.74, 6) is 0.239. The quantitative estimate of drug-likeness (QED) is 0.762. The molecule has 4 rings (SSSR count). The van der Waals surface area contributed by atoms with Crippen LogP contribution in [-0.2, 0) is 16.0 Å². The second-order valence-corrected chi connectivity index (χ2v) is 9.85. The molecule has 1 aromatic carbocycles. The fourth-order valence-electron chi connectivity index (χ4n) is 4.33. The SMILES string of the molecule is CC(C)C(=O)N1CCC[C@@](Cc2cccc(-c3cccs3)c2)(C(=O)NC2CC2)C1. The van der Waals surface area contributed by atoms with E-state index in [1.165, 1.54) is 16.0 Å². The Morgan fingerprint density at radius 1 is 1.24 bits per heavy atom. The third kappa shape index (κ3) is 4.55. The number of piperidine rings is 1. The van der Waals surface area contributed by atoms with Gasteiger partial charge in [-0.15, -0.1) is 11.3 Å². The minimum atomic E-state index is -0.542. The highest BCUT2D eigenvalue weighted by Gasteiger charge is 2.45. The maximum Gasteiger partial charge on any atom is 0.228 e. The molecular weight excluding hydrogens is 380 g/mol. The number of amides is 2. The van der Waals surface area contributed by atoms with Crippen molar-refractivity contribution >= 4 is 23.2 Å². The van der Waals surface area contributed by atoms with Gasteiger partial charge in [-0.2, -0.15) is 0 Å². The van der Waals surface area contributed by atoms with Gasteiger partial charge in [0, 0.05) is 29.9 Å². The lowest BCUT2D eigenvalue weighted by Gasteiger charge is -2.42. The zero-order chi connectivity index (χ0) is 20.4. The summed E-state index contributed by atoms with van der Waals surface area (Å²) in [4.78, 5) is 29.2. The van der Waals surface area contributed by atoms with Crippen molar-refractivity contribution < 1.29 is 9.59 Å². The molecule has 1 aromatic heterocycles. The zero-order valence-electron chi connectivity index (χ0n) is 17.3. The van der Waals surface area contributed by atoms with E-state index in [4.69, 9.17) is 0 Å². The van der Waals surface area contributed by atoms with Gasteiger partial charge in [0.2, 0.25) is 11.8 Å². The van der Waals surface area contributed by atoms with Gasteiger partial charge >= 0.3 is 0 Å². The second kappa shape index (κ2) is 8.31. The Morgan fingerprint density at radius 3 is 2.76 bits per heavy atom. The van der Waals surface area contributed by atoms with E-state index in [1.54, 1.807) is 11.3 Å². The summed E-state index contributed by atoms with van der Waals surface area (Å²) in [6, 6.07) is 13.1. The van der Waals surface area contributed by atoms with Crippen LogP contribution in [0.4, 0.5) is 0 Å². The van der Waals surface area contributed by atoms with E-state index in [0.29, 0.717) is 19.0 Å². The van der Waals surface area contributed by atoms with Crippen molar-refractivity contribution in [3.05, 3.63) is 47.3 Å². The van der Waals surface area contributed by atoms with Crippen LogP contribution in [0.5, 0.6) is 0 Å². The molecule has 0 bridgehead atoms. The Balaban J connectivity index is 1.61. The Morgan fingerprint density at radius 2 is 2.07 bits per heavy atom. The number of carbonyl (C=O) groups excluding carboxylic acids is 2. The van der Waals surface area contributed by atoms with Crippen LogP contribution in [0.3, 0.4) is 0 Å². The van der Waals surface area contributed by atoms with Gasteiger partial charge in [-0.1, -0.05) is 44.2 Å². The van der Waals surface area contributed by atoms with E-state index in [9.17, 15) is 9.59 Å². The summed E-state index contributed by atoms with van der Waals surface area (Å²) >= 11 is 1.73. The first-order valence-corrected chi connectivity index (χ1v) is 11.6. The van der Waals surface area contributed by atoms with Crippen molar-refractivity contribution in [2.75, 3.05) is 13.1 Å². The summed E-state index contributed by atoms with van der Waals surface area (Å²) in [7, 11) is 0. The number of hydrogen-bond acceptors (Lipinski definition) is 3. The van der Waals surface area contributed by atoms with Crippen LogP contribution in [0.2, 0.25) is 0 Å². The molecule has 1 aliphatic carbocycles. The Bertz CT molecular complexity index is 873. The number of nitrogens with one attached hydrogen (secondary N) is 1. The Labute approximate surface area is 177 Å². The number of benzene rings is 1. The van der Waals surface area contributed by atoms with Crippen LogP contribution < -0.4 is 5.32 Å². The van der Waals surface area contributed by atoms with E-state index in [1.807, 2.05) is 18.7 Å². The van der Waals surface area contributed by atoms with Crippen molar-refractivity contribution in [3.8, 4) is 10.4 Å². The minimum absolute atomic E-state index is 0.0422. The molecule has 2 aliphatic rings. The molecule has 1 atom stereocenters. The maximum absolute atomic E-state index is 13.4. The van der Waals surface area contributed by atoms with E-state index < -0.39 is 5.41 Å². The molecule has 154 valence electrons. The third-order valence-electron chi connectivity index (χ3n) is 6.05. The van der Waals surface area contributed by atoms with Crippen LogP contribution >= 0.6 is 11.3 Å². The first-order valence-electron chi connectivity index (χ1n) is 10.7. The number of thiophene rings is 1. The van der Waals surface area contributed by atoms with E-state index in [2.05, 4.69) is 47.1 Å². The lowest BCUT2D eigenvalue weighted by Crippen LogP contribution is -2.55. The van der Waals surface area contributed by atoms with Gasteiger partial charge in [-0.25, -0.2) is 0 Å². The van der Waals surface area contributed by atoms with Gasteiger partial charge in [0.1, 0.15) is 0 Å². The standard InChI is InChI=1S/C24H30N2O2S/c1-17(2)22(27)26-12-5-11-24(16-26,23(28)25-20-9-10-20)15-18-6-3-7-19(14-18)21-8-4-13-29-21/h3-4,6-8,13-14,17,20H,5,9-12,15-16H2,1-2H3,(H,25,28)/t24-/m0/s1. The predicted molar refractivity (Wildman–Crippen MR) is 118 cm³/mol. The van der Waals surface area contributed by atoms with Crippen LogP contribution in [0.1, 0.15) is 45.1 Å². The van der Waals surface area contributed by atoms with E-state index >= 15 is 0 Å². The minimum Gasteiger partial charge on any atom is -0.353 e. The van der Waals surface area contributed by atoms with Crippen LogP contribution in [0, 0.1) is 11.3 Å². The van der Waals surface area contributed by atoms with Gasteiger partial charge in [0.05, 0.1) is 5.41 Å². The summed E-state index contributed by atoms with van der Waals surface area (Å²) in [6.07, 6.45) is 4.53.